The van der Waals surface area contributed by atoms with Crippen molar-refractivity contribution in [3.05, 3.63) is 82.4 Å². The predicted octanol–water partition coefficient (Wildman–Crippen LogP) is 3.88. The summed E-state index contributed by atoms with van der Waals surface area (Å²) in [7, 11) is 0. The van der Waals surface area contributed by atoms with E-state index in [1.807, 2.05) is 55.6 Å². The molecule has 0 spiro atoms. The molecule has 1 aliphatic heterocycles. The maximum atomic E-state index is 13.0. The van der Waals surface area contributed by atoms with Crippen molar-refractivity contribution in [1.29, 1.82) is 5.26 Å². The minimum atomic E-state index is -0.00963. The van der Waals surface area contributed by atoms with Gasteiger partial charge in [-0.15, -0.1) is 0 Å². The summed E-state index contributed by atoms with van der Waals surface area (Å²) < 4.78 is 0. The molecule has 152 valence electrons. The number of H-pyrrole nitrogens is 1. The molecule has 0 bridgehead atoms. The predicted molar refractivity (Wildman–Crippen MR) is 116 cm³/mol. The fraction of sp³-hybridized carbons (Fsp3) is 0.261. The number of aromatic amines is 1. The number of carbonyl (C=O) groups excluding carboxylic acids is 1. The molecule has 1 aliphatic rings. The highest BCUT2D eigenvalue weighted by Gasteiger charge is 2.31. The quantitative estimate of drug-likeness (QED) is 0.681. The Morgan fingerprint density at radius 2 is 2.03 bits per heavy atom. The lowest BCUT2D eigenvalue weighted by atomic mass is 10.00. The van der Waals surface area contributed by atoms with E-state index >= 15 is 0 Å². The third-order valence-electron chi connectivity index (χ3n) is 5.40. The molecule has 6 nitrogen and oxygen atoms in total. The molecule has 1 fully saturated rings. The minimum absolute atomic E-state index is 0.00963. The molecule has 1 N–H and O–H groups in total. The highest BCUT2D eigenvalue weighted by Crippen LogP contribution is 2.28. The molecule has 0 saturated carbocycles. The number of benzene rings is 2. The number of nitrogens with one attached hydrogen (secondary N) is 1. The standard InChI is InChI=1S/C23H22ClN5O/c1-16-26-14-21(27-16)22(11-17-5-7-18(13-25)8-6-17)28-9-10-29(23(30)15-28)20-4-2-3-19(24)12-20/h2-8,12,14,22H,9-11,15H2,1H3,(H,26,27). The van der Waals surface area contributed by atoms with Gasteiger partial charge in [0.05, 0.1) is 29.9 Å². The van der Waals surface area contributed by atoms with Crippen LogP contribution in [0.15, 0.2) is 54.7 Å². The number of imidazole rings is 1. The summed E-state index contributed by atoms with van der Waals surface area (Å²) in [5.74, 6) is 0.892. The van der Waals surface area contributed by atoms with Crippen LogP contribution in [0.1, 0.15) is 28.7 Å². The van der Waals surface area contributed by atoms with E-state index < -0.39 is 0 Å². The second-order valence-corrected chi connectivity index (χ2v) is 7.88. The molecular formula is C23H22ClN5O. The summed E-state index contributed by atoms with van der Waals surface area (Å²) in [4.78, 5) is 24.6. The number of rotatable bonds is 5. The van der Waals surface area contributed by atoms with E-state index in [4.69, 9.17) is 16.9 Å². The van der Waals surface area contributed by atoms with Crippen LogP contribution in [0.2, 0.25) is 5.02 Å². The van der Waals surface area contributed by atoms with Crippen molar-refractivity contribution in [2.24, 2.45) is 0 Å². The number of halogens is 1. The summed E-state index contributed by atoms with van der Waals surface area (Å²) in [6, 6.07) is 17.1. The fourth-order valence-electron chi connectivity index (χ4n) is 3.86. The lowest BCUT2D eigenvalue weighted by molar-refractivity contribution is -0.122. The molecule has 4 rings (SSSR count). The molecule has 1 amide bonds. The van der Waals surface area contributed by atoms with E-state index in [-0.39, 0.29) is 11.9 Å². The molecule has 0 radical (unpaired) electrons. The summed E-state index contributed by atoms with van der Waals surface area (Å²) in [6.07, 6.45) is 2.56. The third kappa shape index (κ3) is 4.38. The van der Waals surface area contributed by atoms with Crippen molar-refractivity contribution in [2.45, 2.75) is 19.4 Å². The number of anilines is 1. The minimum Gasteiger partial charge on any atom is -0.345 e. The van der Waals surface area contributed by atoms with Gasteiger partial charge in [0.25, 0.3) is 0 Å². The third-order valence-corrected chi connectivity index (χ3v) is 5.64. The zero-order valence-corrected chi connectivity index (χ0v) is 17.4. The normalized spacial score (nSPS) is 15.8. The number of hydrogen-bond acceptors (Lipinski definition) is 4. The van der Waals surface area contributed by atoms with Crippen LogP contribution >= 0.6 is 11.6 Å². The lowest BCUT2D eigenvalue weighted by Crippen LogP contribution is -2.51. The number of nitriles is 1. The van der Waals surface area contributed by atoms with E-state index in [9.17, 15) is 4.79 Å². The van der Waals surface area contributed by atoms with Crippen molar-refractivity contribution in [3.8, 4) is 6.07 Å². The van der Waals surface area contributed by atoms with Gasteiger partial charge in [0, 0.05) is 30.0 Å². The summed E-state index contributed by atoms with van der Waals surface area (Å²) in [5, 5.41) is 9.66. The Morgan fingerprint density at radius 1 is 1.23 bits per heavy atom. The maximum absolute atomic E-state index is 13.0. The Labute approximate surface area is 180 Å². The first-order valence-electron chi connectivity index (χ1n) is 9.84. The lowest BCUT2D eigenvalue weighted by Gasteiger charge is -2.38. The number of hydrogen-bond donors (Lipinski definition) is 1. The number of carbonyl (C=O) groups is 1. The molecule has 7 heteroatoms. The number of piperazine rings is 1. The average molecular weight is 420 g/mol. The first-order valence-corrected chi connectivity index (χ1v) is 10.2. The summed E-state index contributed by atoms with van der Waals surface area (Å²) in [5.41, 5.74) is 3.56. The zero-order valence-electron chi connectivity index (χ0n) is 16.7. The molecule has 2 aromatic carbocycles. The van der Waals surface area contributed by atoms with Gasteiger partial charge in [-0.3, -0.25) is 9.69 Å². The second-order valence-electron chi connectivity index (χ2n) is 7.45. The molecule has 1 unspecified atom stereocenters. The van der Waals surface area contributed by atoms with Gasteiger partial charge in [0.15, 0.2) is 0 Å². The molecule has 2 heterocycles. The number of aromatic nitrogens is 2. The number of aryl methyl sites for hydroxylation is 1. The molecule has 1 saturated heterocycles. The van der Waals surface area contributed by atoms with E-state index in [1.165, 1.54) is 0 Å². The zero-order chi connectivity index (χ0) is 21.1. The first kappa shape index (κ1) is 20.1. The molecule has 1 aromatic heterocycles. The van der Waals surface area contributed by atoms with Gasteiger partial charge in [-0.25, -0.2) is 4.98 Å². The second kappa shape index (κ2) is 8.70. The smallest absolute Gasteiger partial charge is 0.241 e. The van der Waals surface area contributed by atoms with Crippen LogP contribution in [0.25, 0.3) is 0 Å². The molecule has 30 heavy (non-hydrogen) atoms. The Morgan fingerprint density at radius 3 is 2.67 bits per heavy atom. The van der Waals surface area contributed by atoms with Gasteiger partial charge in [0.1, 0.15) is 5.82 Å². The van der Waals surface area contributed by atoms with Crippen molar-refractivity contribution >= 4 is 23.2 Å². The Bertz CT molecular complexity index is 1090. The van der Waals surface area contributed by atoms with Crippen molar-refractivity contribution in [3.63, 3.8) is 0 Å². The van der Waals surface area contributed by atoms with E-state index in [0.29, 0.717) is 23.7 Å². The van der Waals surface area contributed by atoms with Crippen LogP contribution in [-0.2, 0) is 11.2 Å². The SMILES string of the molecule is Cc1ncc(C(Cc2ccc(C#N)cc2)N2CCN(c3cccc(Cl)c3)C(=O)C2)[nH]1. The van der Waals surface area contributed by atoms with Crippen molar-refractivity contribution < 1.29 is 4.79 Å². The van der Waals surface area contributed by atoms with Gasteiger partial charge in [0.2, 0.25) is 5.91 Å². The number of amides is 1. The first-order chi connectivity index (χ1) is 14.5. The van der Waals surface area contributed by atoms with Crippen LogP contribution in [0.5, 0.6) is 0 Å². The van der Waals surface area contributed by atoms with Crippen LogP contribution in [0.3, 0.4) is 0 Å². The van der Waals surface area contributed by atoms with Crippen molar-refractivity contribution in [2.75, 3.05) is 24.5 Å². The molecule has 1 atom stereocenters. The van der Waals surface area contributed by atoms with Gasteiger partial charge in [-0.05, 0) is 49.2 Å². The van der Waals surface area contributed by atoms with E-state index in [2.05, 4.69) is 20.9 Å². The van der Waals surface area contributed by atoms with Crippen LogP contribution in [0.4, 0.5) is 5.69 Å². The van der Waals surface area contributed by atoms with Gasteiger partial charge >= 0.3 is 0 Å². The van der Waals surface area contributed by atoms with Gasteiger partial charge < -0.3 is 9.88 Å². The summed E-state index contributed by atoms with van der Waals surface area (Å²) >= 11 is 6.11. The maximum Gasteiger partial charge on any atom is 0.241 e. The highest BCUT2D eigenvalue weighted by molar-refractivity contribution is 6.30. The summed E-state index contributed by atoms with van der Waals surface area (Å²) in [6.45, 7) is 3.56. The monoisotopic (exact) mass is 419 g/mol. The van der Waals surface area contributed by atoms with Crippen LogP contribution in [0, 0.1) is 18.3 Å². The van der Waals surface area contributed by atoms with Crippen LogP contribution < -0.4 is 4.90 Å². The largest absolute Gasteiger partial charge is 0.345 e. The van der Waals surface area contributed by atoms with Gasteiger partial charge in [-0.1, -0.05) is 29.8 Å². The van der Waals surface area contributed by atoms with Crippen LogP contribution in [-0.4, -0.2) is 40.4 Å². The molecule has 0 aliphatic carbocycles. The highest BCUT2D eigenvalue weighted by atomic mass is 35.5. The van der Waals surface area contributed by atoms with Crippen molar-refractivity contribution in [1.82, 2.24) is 14.9 Å². The Balaban J connectivity index is 1.55. The number of nitrogens with zero attached hydrogens (tertiary/aromatic N) is 4. The fourth-order valence-corrected chi connectivity index (χ4v) is 4.04. The van der Waals surface area contributed by atoms with E-state index in [1.54, 1.807) is 11.0 Å². The topological polar surface area (TPSA) is 76.0 Å². The van der Waals surface area contributed by atoms with E-state index in [0.717, 1.165) is 35.7 Å². The molecule has 3 aromatic rings. The van der Waals surface area contributed by atoms with Gasteiger partial charge in [-0.2, -0.15) is 5.26 Å². The Hall–Kier alpha value is -3.14. The molecular weight excluding hydrogens is 398 g/mol. The Kier molecular flexibility index (Phi) is 5.84. The average Bonchev–Trinajstić information content (AvgIpc) is 3.18.